The molecule has 3 amide bonds. The molecule has 0 aliphatic carbocycles. The highest BCUT2D eigenvalue weighted by atomic mass is 32.1. The Kier molecular flexibility index (Phi) is 6.67. The summed E-state index contributed by atoms with van der Waals surface area (Å²) >= 11 is 1.52. The lowest BCUT2D eigenvalue weighted by atomic mass is 10.0. The number of amides is 3. The monoisotopic (exact) mass is 540 g/mol. The average Bonchev–Trinajstić information content (AvgIpc) is 3.32. The number of nitrogen functional groups attached to an aromatic ring is 1. The van der Waals surface area contributed by atoms with Crippen LogP contribution in [0.3, 0.4) is 0 Å². The van der Waals surface area contributed by atoms with Gasteiger partial charge in [-0.05, 0) is 41.3 Å². The Morgan fingerprint density at radius 3 is 2.61 bits per heavy atom. The first-order valence-corrected chi connectivity index (χ1v) is 12.5. The van der Waals surface area contributed by atoms with Crippen LogP contribution in [0.25, 0.3) is 21.2 Å². The molecular weight excluding hydrogens is 517 g/mol. The van der Waals surface area contributed by atoms with Crippen LogP contribution in [0.4, 0.5) is 35.2 Å². The van der Waals surface area contributed by atoms with E-state index >= 15 is 0 Å². The van der Waals surface area contributed by atoms with E-state index in [0.717, 1.165) is 50.4 Å². The van der Waals surface area contributed by atoms with E-state index in [2.05, 4.69) is 10.3 Å². The van der Waals surface area contributed by atoms with E-state index in [1.165, 1.54) is 23.5 Å². The Labute approximate surface area is 219 Å². The molecule has 5 N–H and O–H groups in total. The number of urea groups is 1. The first-order chi connectivity index (χ1) is 18.1. The van der Waals surface area contributed by atoms with Gasteiger partial charge in [0, 0.05) is 47.0 Å². The summed E-state index contributed by atoms with van der Waals surface area (Å²) in [6.45, 7) is 2.20. The lowest BCUT2D eigenvalue weighted by Gasteiger charge is -2.26. The maximum Gasteiger partial charge on any atom is 0.416 e. The third-order valence-electron chi connectivity index (χ3n) is 6.30. The fourth-order valence-corrected chi connectivity index (χ4v) is 5.62. The van der Waals surface area contributed by atoms with E-state index in [0.29, 0.717) is 31.1 Å². The summed E-state index contributed by atoms with van der Waals surface area (Å²) in [7, 11) is 0. The molecule has 4 aromatic rings. The third kappa shape index (κ3) is 5.00. The maximum atomic E-state index is 13.2. The number of rotatable bonds is 5. The number of primary amides is 1. The molecule has 2 aromatic carbocycles. The first kappa shape index (κ1) is 25.5. The number of hydrogen-bond acceptors (Lipinski definition) is 6. The molecular formula is C26H23F3N6O2S. The summed E-state index contributed by atoms with van der Waals surface area (Å²) in [4.78, 5) is 31.5. The molecule has 1 aliphatic rings. The Morgan fingerprint density at radius 1 is 1.16 bits per heavy atom. The van der Waals surface area contributed by atoms with Crippen molar-refractivity contribution in [2.75, 3.05) is 30.3 Å². The standard InChI is InChI=1S/C26H23F3N6O2S/c27-26(28,29)17-2-1-3-19(10-17)35(25(31)37)18-6-4-15(5-7-18)20-14-38-23-16(11-33-24(30)22(20)23)12-34-9-8-32-21(36)13-34/h1-7,10-11,14H,8-9,12-13H2,(H2,30,33)(H2,31,37)(H,32,36). The summed E-state index contributed by atoms with van der Waals surface area (Å²) in [5, 5.41) is 5.56. The molecule has 0 unspecified atom stereocenters. The second-order valence-corrected chi connectivity index (χ2v) is 9.73. The van der Waals surface area contributed by atoms with Gasteiger partial charge < -0.3 is 16.8 Å². The number of halogens is 3. The van der Waals surface area contributed by atoms with Gasteiger partial charge in [0.25, 0.3) is 0 Å². The number of pyridine rings is 1. The van der Waals surface area contributed by atoms with E-state index < -0.39 is 17.8 Å². The lowest BCUT2D eigenvalue weighted by molar-refractivity contribution is -0.137. The zero-order valence-electron chi connectivity index (χ0n) is 20.0. The highest BCUT2D eigenvalue weighted by Gasteiger charge is 2.31. The van der Waals surface area contributed by atoms with Gasteiger partial charge in [-0.25, -0.2) is 9.78 Å². The molecule has 0 saturated carbocycles. The van der Waals surface area contributed by atoms with Crippen LogP contribution < -0.4 is 21.7 Å². The SMILES string of the molecule is NC(=O)N(c1ccc(-c2csc3c(CN4CCNC(=O)C4)cnc(N)c23)cc1)c1cccc(C(F)(F)F)c1. The second-order valence-electron chi connectivity index (χ2n) is 8.85. The van der Waals surface area contributed by atoms with Crippen LogP contribution in [0.2, 0.25) is 0 Å². The number of alkyl halides is 3. The van der Waals surface area contributed by atoms with Gasteiger partial charge >= 0.3 is 12.2 Å². The van der Waals surface area contributed by atoms with Crippen LogP contribution in [0.1, 0.15) is 11.1 Å². The number of fused-ring (bicyclic) bond motifs is 1. The number of carbonyl (C=O) groups is 2. The van der Waals surface area contributed by atoms with Crippen molar-refractivity contribution in [2.45, 2.75) is 12.7 Å². The lowest BCUT2D eigenvalue weighted by Crippen LogP contribution is -2.47. The number of hydrogen-bond donors (Lipinski definition) is 3. The zero-order chi connectivity index (χ0) is 27.0. The largest absolute Gasteiger partial charge is 0.416 e. The van der Waals surface area contributed by atoms with Crippen LogP contribution in [0.5, 0.6) is 0 Å². The predicted octanol–water partition coefficient (Wildman–Crippen LogP) is 4.71. The average molecular weight is 541 g/mol. The number of aromatic nitrogens is 1. The van der Waals surface area contributed by atoms with Gasteiger partial charge in [-0.1, -0.05) is 18.2 Å². The molecule has 0 atom stereocenters. The smallest absolute Gasteiger partial charge is 0.383 e. The highest BCUT2D eigenvalue weighted by Crippen LogP contribution is 2.40. The Morgan fingerprint density at radius 2 is 1.92 bits per heavy atom. The van der Waals surface area contributed by atoms with E-state index in [4.69, 9.17) is 11.5 Å². The van der Waals surface area contributed by atoms with Crippen LogP contribution in [-0.2, 0) is 17.5 Å². The minimum atomic E-state index is -4.56. The third-order valence-corrected chi connectivity index (χ3v) is 7.35. The summed E-state index contributed by atoms with van der Waals surface area (Å²) in [6.07, 6.45) is -2.83. The van der Waals surface area contributed by atoms with Crippen molar-refractivity contribution in [1.29, 1.82) is 0 Å². The molecule has 1 aliphatic heterocycles. The number of piperazine rings is 1. The number of carbonyl (C=O) groups excluding carboxylic acids is 2. The van der Waals surface area contributed by atoms with Crippen molar-refractivity contribution in [3.63, 3.8) is 0 Å². The zero-order valence-corrected chi connectivity index (χ0v) is 20.8. The minimum absolute atomic E-state index is 0.00513. The van der Waals surface area contributed by atoms with Crippen LogP contribution in [-0.4, -0.2) is 41.5 Å². The maximum absolute atomic E-state index is 13.2. The molecule has 3 heterocycles. The Balaban J connectivity index is 1.47. The van der Waals surface area contributed by atoms with Crippen molar-refractivity contribution >= 4 is 50.6 Å². The van der Waals surface area contributed by atoms with Gasteiger partial charge in [0.15, 0.2) is 0 Å². The number of benzene rings is 2. The quantitative estimate of drug-likeness (QED) is 0.339. The fraction of sp³-hybridized carbons (Fsp3) is 0.192. The summed E-state index contributed by atoms with van der Waals surface area (Å²) in [6, 6.07) is 10.2. The molecule has 0 spiro atoms. The van der Waals surface area contributed by atoms with Crippen LogP contribution >= 0.6 is 11.3 Å². The van der Waals surface area contributed by atoms with Gasteiger partial charge in [-0.15, -0.1) is 11.3 Å². The molecule has 0 radical (unpaired) electrons. The first-order valence-electron chi connectivity index (χ1n) is 11.6. The van der Waals surface area contributed by atoms with Crippen molar-refractivity contribution in [3.05, 3.63) is 71.2 Å². The highest BCUT2D eigenvalue weighted by molar-refractivity contribution is 7.18. The van der Waals surface area contributed by atoms with Crippen molar-refractivity contribution in [2.24, 2.45) is 5.73 Å². The number of nitrogens with zero attached hydrogens (tertiary/aromatic N) is 3. The summed E-state index contributed by atoms with van der Waals surface area (Å²) in [5.41, 5.74) is 13.8. The molecule has 8 nitrogen and oxygen atoms in total. The van der Waals surface area contributed by atoms with E-state index in [9.17, 15) is 22.8 Å². The molecule has 196 valence electrons. The predicted molar refractivity (Wildman–Crippen MR) is 141 cm³/mol. The minimum Gasteiger partial charge on any atom is -0.383 e. The van der Waals surface area contributed by atoms with E-state index in [-0.39, 0.29) is 11.6 Å². The number of anilines is 3. The van der Waals surface area contributed by atoms with Gasteiger partial charge in [0.2, 0.25) is 5.91 Å². The summed E-state index contributed by atoms with van der Waals surface area (Å²) in [5.74, 6) is 0.348. The van der Waals surface area contributed by atoms with Crippen LogP contribution in [0, 0.1) is 0 Å². The van der Waals surface area contributed by atoms with Crippen molar-refractivity contribution < 1.29 is 22.8 Å². The molecule has 12 heteroatoms. The number of thiophene rings is 1. The normalized spacial score (nSPS) is 14.4. The van der Waals surface area contributed by atoms with Gasteiger partial charge in [-0.2, -0.15) is 13.2 Å². The van der Waals surface area contributed by atoms with Gasteiger partial charge in [-0.3, -0.25) is 14.6 Å². The van der Waals surface area contributed by atoms with Crippen molar-refractivity contribution in [1.82, 2.24) is 15.2 Å². The Hall–Kier alpha value is -4.16. The second kappa shape index (κ2) is 9.95. The Bertz CT molecular complexity index is 1520. The summed E-state index contributed by atoms with van der Waals surface area (Å²) < 4.78 is 40.6. The van der Waals surface area contributed by atoms with Gasteiger partial charge in [0.05, 0.1) is 23.5 Å². The number of nitrogens with two attached hydrogens (primary N) is 2. The van der Waals surface area contributed by atoms with E-state index in [1.807, 2.05) is 10.3 Å². The molecule has 1 saturated heterocycles. The molecule has 0 bridgehead atoms. The van der Waals surface area contributed by atoms with Crippen LogP contribution in [0.15, 0.2) is 60.1 Å². The van der Waals surface area contributed by atoms with E-state index in [1.54, 1.807) is 30.5 Å². The fourth-order valence-electron chi connectivity index (χ4n) is 4.53. The molecule has 5 rings (SSSR count). The topological polar surface area (TPSA) is 118 Å². The molecule has 1 fully saturated rings. The van der Waals surface area contributed by atoms with Gasteiger partial charge in [0.1, 0.15) is 5.82 Å². The van der Waals surface area contributed by atoms with Crippen molar-refractivity contribution in [3.8, 4) is 11.1 Å². The molecule has 38 heavy (non-hydrogen) atoms. The number of nitrogens with one attached hydrogen (secondary N) is 1. The molecule has 2 aromatic heterocycles.